The van der Waals surface area contributed by atoms with E-state index in [1.165, 1.54) is 6.07 Å². The van der Waals surface area contributed by atoms with Gasteiger partial charge in [-0.2, -0.15) is 0 Å². The average molecular weight is 422 g/mol. The molecule has 1 nitrogen and oxygen atoms in total. The Balaban J connectivity index is 2.53. The van der Waals surface area contributed by atoms with Crippen molar-refractivity contribution in [1.82, 2.24) is 5.32 Å². The highest BCUT2D eigenvalue weighted by molar-refractivity contribution is 9.10. The standard InChI is InChI=1S/C15H13Br2ClFN/c1-2-20-15(11-5-3-10(17)8-13(11)18)12-7-9(16)4-6-14(12)19/h3-8,15,20H,2H2,1H3. The van der Waals surface area contributed by atoms with Crippen LogP contribution in [0.3, 0.4) is 0 Å². The Morgan fingerprint density at radius 3 is 2.40 bits per heavy atom. The summed E-state index contributed by atoms with van der Waals surface area (Å²) in [6.45, 7) is 2.69. The fourth-order valence-corrected chi connectivity index (χ4v) is 3.22. The van der Waals surface area contributed by atoms with Crippen molar-refractivity contribution in [2.75, 3.05) is 6.54 Å². The van der Waals surface area contributed by atoms with Gasteiger partial charge in [0.05, 0.1) is 6.04 Å². The highest BCUT2D eigenvalue weighted by atomic mass is 79.9. The molecule has 0 saturated heterocycles. The van der Waals surface area contributed by atoms with Crippen LogP contribution < -0.4 is 5.32 Å². The van der Waals surface area contributed by atoms with Gasteiger partial charge >= 0.3 is 0 Å². The van der Waals surface area contributed by atoms with Crippen molar-refractivity contribution in [3.05, 3.63) is 67.3 Å². The van der Waals surface area contributed by atoms with E-state index < -0.39 is 0 Å². The third kappa shape index (κ3) is 3.61. The number of hydrogen-bond acceptors (Lipinski definition) is 1. The lowest BCUT2D eigenvalue weighted by atomic mass is 9.98. The molecule has 2 aromatic rings. The number of nitrogens with one attached hydrogen (secondary N) is 1. The second-order valence-electron chi connectivity index (χ2n) is 4.32. The molecule has 0 spiro atoms. The fraction of sp³-hybridized carbons (Fsp3) is 0.200. The quantitative estimate of drug-likeness (QED) is 0.667. The number of hydrogen-bond donors (Lipinski definition) is 1. The van der Waals surface area contributed by atoms with Gasteiger partial charge in [0.2, 0.25) is 0 Å². The molecule has 0 aliphatic carbocycles. The lowest BCUT2D eigenvalue weighted by Gasteiger charge is -2.21. The van der Waals surface area contributed by atoms with Crippen molar-refractivity contribution >= 4 is 43.5 Å². The van der Waals surface area contributed by atoms with Gasteiger partial charge in [-0.1, -0.05) is 56.5 Å². The molecule has 106 valence electrons. The minimum absolute atomic E-state index is 0.252. The Bertz CT molecular complexity index is 619. The first-order valence-electron chi connectivity index (χ1n) is 6.16. The molecule has 5 heteroatoms. The van der Waals surface area contributed by atoms with Gasteiger partial charge < -0.3 is 5.32 Å². The Labute approximate surface area is 139 Å². The second-order valence-corrected chi connectivity index (χ2v) is 6.56. The zero-order valence-corrected chi connectivity index (χ0v) is 14.7. The Morgan fingerprint density at radius 1 is 1.10 bits per heavy atom. The van der Waals surface area contributed by atoms with Crippen LogP contribution in [0, 0.1) is 5.82 Å². The van der Waals surface area contributed by atoms with E-state index in [0.29, 0.717) is 17.1 Å². The second kappa shape index (κ2) is 7.03. The summed E-state index contributed by atoms with van der Waals surface area (Å²) in [7, 11) is 0. The average Bonchev–Trinajstić information content (AvgIpc) is 2.40. The zero-order valence-electron chi connectivity index (χ0n) is 10.8. The van der Waals surface area contributed by atoms with Crippen LogP contribution in [0.15, 0.2) is 45.3 Å². The van der Waals surface area contributed by atoms with E-state index in [2.05, 4.69) is 37.2 Å². The topological polar surface area (TPSA) is 12.0 Å². The molecular formula is C15H13Br2ClFN. The van der Waals surface area contributed by atoms with Crippen LogP contribution in [-0.2, 0) is 0 Å². The van der Waals surface area contributed by atoms with E-state index in [1.807, 2.05) is 25.1 Å². The molecule has 1 N–H and O–H groups in total. The van der Waals surface area contributed by atoms with Crippen molar-refractivity contribution in [3.63, 3.8) is 0 Å². The third-order valence-corrected chi connectivity index (χ3v) is 4.26. The minimum Gasteiger partial charge on any atom is -0.306 e. The zero-order chi connectivity index (χ0) is 14.7. The van der Waals surface area contributed by atoms with Crippen LogP contribution >= 0.6 is 43.5 Å². The number of benzene rings is 2. The van der Waals surface area contributed by atoms with Gasteiger partial charge in [-0.15, -0.1) is 0 Å². The van der Waals surface area contributed by atoms with Gasteiger partial charge in [0.15, 0.2) is 0 Å². The SMILES string of the molecule is CCNC(c1cc(Br)ccc1F)c1ccc(Br)cc1Cl. The molecule has 2 aromatic carbocycles. The van der Waals surface area contributed by atoms with Gasteiger partial charge in [-0.25, -0.2) is 4.39 Å². The highest BCUT2D eigenvalue weighted by Crippen LogP contribution is 2.32. The molecule has 0 aliphatic heterocycles. The lowest BCUT2D eigenvalue weighted by Crippen LogP contribution is -2.23. The summed E-state index contributed by atoms with van der Waals surface area (Å²) in [6.07, 6.45) is 0. The predicted octanol–water partition coefficient (Wildman–Crippen LogP) is 5.70. The number of halogens is 4. The first kappa shape index (κ1) is 16.0. The molecule has 1 unspecified atom stereocenters. The minimum atomic E-state index is -0.280. The van der Waals surface area contributed by atoms with Crippen LogP contribution in [-0.4, -0.2) is 6.54 Å². The van der Waals surface area contributed by atoms with Crippen molar-refractivity contribution in [3.8, 4) is 0 Å². The lowest BCUT2D eigenvalue weighted by molar-refractivity contribution is 0.558. The van der Waals surface area contributed by atoms with Gasteiger partial charge in [0.25, 0.3) is 0 Å². The number of rotatable bonds is 4. The van der Waals surface area contributed by atoms with Crippen LogP contribution in [0.25, 0.3) is 0 Å². The molecule has 0 aromatic heterocycles. The third-order valence-electron chi connectivity index (χ3n) is 2.95. The Morgan fingerprint density at radius 2 is 1.75 bits per heavy atom. The van der Waals surface area contributed by atoms with E-state index >= 15 is 0 Å². The maximum atomic E-state index is 14.1. The van der Waals surface area contributed by atoms with E-state index in [0.717, 1.165) is 14.5 Å². The normalized spacial score (nSPS) is 12.4. The van der Waals surface area contributed by atoms with Crippen LogP contribution in [0.5, 0.6) is 0 Å². The summed E-state index contributed by atoms with van der Waals surface area (Å²) in [4.78, 5) is 0. The summed E-state index contributed by atoms with van der Waals surface area (Å²) in [5.74, 6) is -0.252. The van der Waals surface area contributed by atoms with E-state index in [4.69, 9.17) is 11.6 Å². The molecule has 0 bridgehead atoms. The molecular weight excluding hydrogens is 408 g/mol. The maximum absolute atomic E-state index is 14.1. The van der Waals surface area contributed by atoms with Gasteiger partial charge in [0, 0.05) is 19.5 Å². The summed E-state index contributed by atoms with van der Waals surface area (Å²) >= 11 is 13.1. The van der Waals surface area contributed by atoms with Gasteiger partial charge in [-0.3, -0.25) is 0 Å². The monoisotopic (exact) mass is 419 g/mol. The molecule has 0 amide bonds. The molecule has 20 heavy (non-hydrogen) atoms. The Hall–Kier alpha value is -0.420. The molecule has 0 aliphatic rings. The molecule has 0 saturated carbocycles. The van der Waals surface area contributed by atoms with Gasteiger partial charge in [-0.05, 0) is 42.4 Å². The summed E-state index contributed by atoms with van der Waals surface area (Å²) in [6, 6.07) is 10.3. The summed E-state index contributed by atoms with van der Waals surface area (Å²) < 4.78 is 15.9. The van der Waals surface area contributed by atoms with Crippen molar-refractivity contribution < 1.29 is 4.39 Å². The maximum Gasteiger partial charge on any atom is 0.128 e. The Kier molecular flexibility index (Phi) is 5.61. The molecule has 0 fully saturated rings. The van der Waals surface area contributed by atoms with Crippen LogP contribution in [0.4, 0.5) is 4.39 Å². The molecule has 0 radical (unpaired) electrons. The van der Waals surface area contributed by atoms with Gasteiger partial charge in [0.1, 0.15) is 5.82 Å². The van der Waals surface area contributed by atoms with Crippen LogP contribution in [0.1, 0.15) is 24.1 Å². The van der Waals surface area contributed by atoms with E-state index in [1.54, 1.807) is 12.1 Å². The van der Waals surface area contributed by atoms with Crippen molar-refractivity contribution in [2.24, 2.45) is 0 Å². The fourth-order valence-electron chi connectivity index (χ4n) is 2.06. The molecule has 1 atom stereocenters. The van der Waals surface area contributed by atoms with Crippen LogP contribution in [0.2, 0.25) is 5.02 Å². The first-order chi connectivity index (χ1) is 9.52. The predicted molar refractivity (Wildman–Crippen MR) is 88.8 cm³/mol. The molecule has 2 rings (SSSR count). The van der Waals surface area contributed by atoms with E-state index in [-0.39, 0.29) is 11.9 Å². The summed E-state index contributed by atoms with van der Waals surface area (Å²) in [5.41, 5.74) is 1.43. The molecule has 0 heterocycles. The van der Waals surface area contributed by atoms with Crippen molar-refractivity contribution in [1.29, 1.82) is 0 Å². The largest absolute Gasteiger partial charge is 0.306 e. The first-order valence-corrected chi connectivity index (χ1v) is 8.12. The summed E-state index contributed by atoms with van der Waals surface area (Å²) in [5, 5.41) is 3.88. The van der Waals surface area contributed by atoms with E-state index in [9.17, 15) is 4.39 Å². The highest BCUT2D eigenvalue weighted by Gasteiger charge is 2.20. The van der Waals surface area contributed by atoms with Crippen molar-refractivity contribution in [2.45, 2.75) is 13.0 Å². The smallest absolute Gasteiger partial charge is 0.128 e.